The molecule has 108 valence electrons. The van der Waals surface area contributed by atoms with E-state index in [1.165, 1.54) is 0 Å². The highest BCUT2D eigenvalue weighted by Crippen LogP contribution is 2.10. The van der Waals surface area contributed by atoms with Gasteiger partial charge in [-0.2, -0.15) is 0 Å². The largest absolute Gasteiger partial charge is 0.390 e. The van der Waals surface area contributed by atoms with Crippen LogP contribution in [0.3, 0.4) is 0 Å². The van der Waals surface area contributed by atoms with E-state index >= 15 is 0 Å². The standard InChI is InChI=1S/C14H22ClNO3/c1-2-13(8-17)16-7-14(18)10-19-9-11-3-5-12(15)6-4-11/h3-6,13-14,16-18H,2,7-10H2,1H3/p+1/t13-,14+/m1/s1. The molecule has 1 aromatic carbocycles. The zero-order valence-electron chi connectivity index (χ0n) is 11.3. The second kappa shape index (κ2) is 9.28. The Kier molecular flexibility index (Phi) is 8.02. The lowest BCUT2D eigenvalue weighted by Crippen LogP contribution is -2.92. The van der Waals surface area contributed by atoms with E-state index in [0.717, 1.165) is 12.0 Å². The smallest absolute Gasteiger partial charge is 0.126 e. The first-order valence-electron chi connectivity index (χ1n) is 6.60. The van der Waals surface area contributed by atoms with Gasteiger partial charge in [-0.1, -0.05) is 30.7 Å². The Bertz CT molecular complexity index is 341. The lowest BCUT2D eigenvalue weighted by atomic mass is 10.2. The van der Waals surface area contributed by atoms with Gasteiger partial charge in [-0.15, -0.1) is 0 Å². The number of ether oxygens (including phenoxy) is 1. The first-order chi connectivity index (χ1) is 9.15. The Morgan fingerprint density at radius 1 is 1.32 bits per heavy atom. The molecule has 4 N–H and O–H groups in total. The summed E-state index contributed by atoms with van der Waals surface area (Å²) >= 11 is 5.79. The second-order valence-electron chi connectivity index (χ2n) is 4.62. The number of hydrogen-bond acceptors (Lipinski definition) is 3. The molecule has 0 heterocycles. The van der Waals surface area contributed by atoms with Crippen LogP contribution >= 0.6 is 11.6 Å². The molecule has 4 nitrogen and oxygen atoms in total. The highest BCUT2D eigenvalue weighted by molar-refractivity contribution is 6.30. The van der Waals surface area contributed by atoms with Crippen LogP contribution in [-0.4, -0.2) is 42.1 Å². The maximum Gasteiger partial charge on any atom is 0.126 e. The van der Waals surface area contributed by atoms with E-state index in [0.29, 0.717) is 24.8 Å². The van der Waals surface area contributed by atoms with E-state index in [1.54, 1.807) is 0 Å². The number of nitrogens with two attached hydrogens (primary N) is 1. The summed E-state index contributed by atoms with van der Waals surface area (Å²) < 4.78 is 5.45. The minimum absolute atomic E-state index is 0.134. The molecule has 0 fully saturated rings. The predicted molar refractivity (Wildman–Crippen MR) is 75.1 cm³/mol. The van der Waals surface area contributed by atoms with Crippen molar-refractivity contribution in [2.24, 2.45) is 0 Å². The highest BCUT2D eigenvalue weighted by atomic mass is 35.5. The number of aliphatic hydroxyl groups excluding tert-OH is 2. The van der Waals surface area contributed by atoms with Gasteiger partial charge < -0.3 is 20.3 Å². The van der Waals surface area contributed by atoms with Crippen molar-refractivity contribution in [3.63, 3.8) is 0 Å². The number of aliphatic hydroxyl groups is 2. The molecule has 0 unspecified atom stereocenters. The molecule has 0 radical (unpaired) electrons. The van der Waals surface area contributed by atoms with Gasteiger partial charge in [0.25, 0.3) is 0 Å². The first kappa shape index (κ1) is 16.4. The Morgan fingerprint density at radius 3 is 2.58 bits per heavy atom. The van der Waals surface area contributed by atoms with E-state index in [1.807, 2.05) is 36.5 Å². The molecular weight excluding hydrogens is 266 g/mol. The maximum atomic E-state index is 9.75. The summed E-state index contributed by atoms with van der Waals surface area (Å²) in [5.74, 6) is 0. The quantitative estimate of drug-likeness (QED) is 0.622. The van der Waals surface area contributed by atoms with Gasteiger partial charge in [0, 0.05) is 5.02 Å². The lowest BCUT2D eigenvalue weighted by Gasteiger charge is -2.14. The summed E-state index contributed by atoms with van der Waals surface area (Å²) in [6.45, 7) is 3.45. The number of quaternary nitrogens is 1. The van der Waals surface area contributed by atoms with Crippen LogP contribution in [0.2, 0.25) is 5.02 Å². The van der Waals surface area contributed by atoms with Gasteiger partial charge in [0.2, 0.25) is 0 Å². The third-order valence-corrected chi connectivity index (χ3v) is 3.24. The van der Waals surface area contributed by atoms with E-state index in [2.05, 4.69) is 0 Å². The molecule has 0 amide bonds. The number of rotatable bonds is 9. The van der Waals surface area contributed by atoms with E-state index in [9.17, 15) is 5.11 Å². The summed E-state index contributed by atoms with van der Waals surface area (Å²) in [5, 5.41) is 21.4. The molecule has 0 spiro atoms. The van der Waals surface area contributed by atoms with Crippen LogP contribution in [0.15, 0.2) is 24.3 Å². The molecule has 0 bridgehead atoms. The summed E-state index contributed by atoms with van der Waals surface area (Å²) in [7, 11) is 0. The van der Waals surface area contributed by atoms with Gasteiger partial charge in [0.1, 0.15) is 18.7 Å². The zero-order valence-corrected chi connectivity index (χ0v) is 12.0. The first-order valence-corrected chi connectivity index (χ1v) is 6.98. The average molecular weight is 289 g/mol. The lowest BCUT2D eigenvalue weighted by molar-refractivity contribution is -0.696. The third kappa shape index (κ3) is 6.89. The SMILES string of the molecule is CC[C@H](CO)[NH2+]C[C@H](O)COCc1ccc(Cl)cc1. The van der Waals surface area contributed by atoms with Crippen LogP contribution in [0.1, 0.15) is 18.9 Å². The van der Waals surface area contributed by atoms with Crippen LogP contribution in [0.25, 0.3) is 0 Å². The molecule has 1 aromatic rings. The molecule has 0 aliphatic heterocycles. The average Bonchev–Trinajstić information content (AvgIpc) is 2.42. The molecule has 0 saturated carbocycles. The Balaban J connectivity index is 2.16. The van der Waals surface area contributed by atoms with Gasteiger partial charge in [-0.3, -0.25) is 0 Å². The van der Waals surface area contributed by atoms with Crippen LogP contribution in [0.4, 0.5) is 0 Å². The van der Waals surface area contributed by atoms with Crippen molar-refractivity contribution in [3.8, 4) is 0 Å². The van der Waals surface area contributed by atoms with Gasteiger partial charge in [-0.05, 0) is 24.1 Å². The van der Waals surface area contributed by atoms with E-state index in [-0.39, 0.29) is 12.6 Å². The molecule has 19 heavy (non-hydrogen) atoms. The summed E-state index contributed by atoms with van der Waals surface area (Å²) in [6, 6.07) is 7.60. The van der Waals surface area contributed by atoms with Gasteiger partial charge >= 0.3 is 0 Å². The predicted octanol–water partition coefficient (Wildman–Crippen LogP) is 0.552. The van der Waals surface area contributed by atoms with Crippen LogP contribution in [-0.2, 0) is 11.3 Å². The maximum absolute atomic E-state index is 9.75. The van der Waals surface area contributed by atoms with Crippen molar-refractivity contribution in [1.82, 2.24) is 0 Å². The minimum Gasteiger partial charge on any atom is -0.390 e. The van der Waals surface area contributed by atoms with Crippen molar-refractivity contribution >= 4 is 11.6 Å². The molecule has 1 rings (SSSR count). The topological polar surface area (TPSA) is 66.3 Å². The van der Waals surface area contributed by atoms with Crippen molar-refractivity contribution in [2.45, 2.75) is 32.1 Å². The third-order valence-electron chi connectivity index (χ3n) is 2.99. The van der Waals surface area contributed by atoms with Crippen LogP contribution < -0.4 is 5.32 Å². The molecular formula is C14H23ClNO3+. The number of benzene rings is 1. The number of halogens is 1. The number of hydrogen-bond donors (Lipinski definition) is 3. The van der Waals surface area contributed by atoms with E-state index < -0.39 is 6.10 Å². The summed E-state index contributed by atoms with van der Waals surface area (Å²) in [4.78, 5) is 0. The molecule has 2 atom stereocenters. The van der Waals surface area contributed by atoms with Crippen molar-refractivity contribution in [1.29, 1.82) is 0 Å². The molecule has 0 aliphatic carbocycles. The van der Waals surface area contributed by atoms with Crippen molar-refractivity contribution in [3.05, 3.63) is 34.9 Å². The monoisotopic (exact) mass is 288 g/mol. The fourth-order valence-corrected chi connectivity index (χ4v) is 1.81. The zero-order chi connectivity index (χ0) is 14.1. The van der Waals surface area contributed by atoms with Gasteiger partial charge in [0.05, 0.1) is 19.8 Å². The summed E-state index contributed by atoms with van der Waals surface area (Å²) in [6.07, 6.45) is 0.363. The van der Waals surface area contributed by atoms with Gasteiger partial charge in [0.15, 0.2) is 0 Å². The van der Waals surface area contributed by atoms with Crippen LogP contribution in [0.5, 0.6) is 0 Å². The summed E-state index contributed by atoms with van der Waals surface area (Å²) in [5.41, 5.74) is 1.03. The second-order valence-corrected chi connectivity index (χ2v) is 5.05. The fourth-order valence-electron chi connectivity index (χ4n) is 1.68. The molecule has 0 aliphatic rings. The normalized spacial score (nSPS) is 14.3. The van der Waals surface area contributed by atoms with Crippen molar-refractivity contribution in [2.75, 3.05) is 19.8 Å². The van der Waals surface area contributed by atoms with Gasteiger partial charge in [-0.25, -0.2) is 0 Å². The molecule has 5 heteroatoms. The molecule has 0 saturated heterocycles. The van der Waals surface area contributed by atoms with Crippen LogP contribution in [0, 0.1) is 0 Å². The minimum atomic E-state index is -0.520. The van der Waals surface area contributed by atoms with E-state index in [4.69, 9.17) is 21.4 Å². The van der Waals surface area contributed by atoms with Crippen molar-refractivity contribution < 1.29 is 20.3 Å². The Morgan fingerprint density at radius 2 is 2.00 bits per heavy atom. The highest BCUT2D eigenvalue weighted by Gasteiger charge is 2.12. The fraction of sp³-hybridized carbons (Fsp3) is 0.571. The molecule has 0 aromatic heterocycles. The Hall–Kier alpha value is -0.650. The Labute approximate surface area is 119 Å².